The van der Waals surface area contributed by atoms with Gasteiger partial charge in [-0.3, -0.25) is 9.56 Å². The molecule has 0 saturated carbocycles. The Balaban J connectivity index is 1.60. The zero-order chi connectivity index (χ0) is 22.9. The number of rotatable bonds is 9. The first-order chi connectivity index (χ1) is 15.5. The van der Waals surface area contributed by atoms with Gasteiger partial charge in [0.1, 0.15) is 11.6 Å². The maximum atomic E-state index is 5.75. The van der Waals surface area contributed by atoms with Crippen molar-refractivity contribution < 1.29 is 9.47 Å². The van der Waals surface area contributed by atoms with E-state index in [-0.39, 0.29) is 6.04 Å². The van der Waals surface area contributed by atoms with Gasteiger partial charge in [0.15, 0.2) is 17.5 Å². The zero-order valence-corrected chi connectivity index (χ0v) is 19.4. The van der Waals surface area contributed by atoms with Crippen LogP contribution in [0, 0.1) is 6.92 Å². The van der Waals surface area contributed by atoms with Gasteiger partial charge in [-0.1, -0.05) is 12.1 Å². The molecule has 8 heteroatoms. The molecule has 8 nitrogen and oxygen atoms in total. The molecule has 1 unspecified atom stereocenters. The Bertz CT molecular complexity index is 1030. The maximum Gasteiger partial charge on any atom is 0.191 e. The van der Waals surface area contributed by atoms with E-state index in [0.29, 0.717) is 25.7 Å². The standard InChI is InChI=1S/C24H32N6O2/c1-6-31-21-10-9-20(14-22(21)32-7-2)17(3)29-24(25-5)28-16-19-8-11-23(27-15-19)30-13-12-26-18(30)4/h8-15,17H,6-7,16H2,1-5H3,(H2,25,28,29). The largest absolute Gasteiger partial charge is 0.490 e. The van der Waals surface area contributed by atoms with Crippen LogP contribution in [0.4, 0.5) is 0 Å². The first-order valence-corrected chi connectivity index (χ1v) is 10.9. The van der Waals surface area contributed by atoms with Gasteiger partial charge in [0.2, 0.25) is 0 Å². The maximum absolute atomic E-state index is 5.75. The van der Waals surface area contributed by atoms with Crippen molar-refractivity contribution in [1.29, 1.82) is 0 Å². The molecule has 32 heavy (non-hydrogen) atoms. The van der Waals surface area contributed by atoms with E-state index in [9.17, 15) is 0 Å². The molecule has 0 aliphatic carbocycles. The minimum Gasteiger partial charge on any atom is -0.490 e. The lowest BCUT2D eigenvalue weighted by Crippen LogP contribution is -2.38. The number of hydrogen-bond donors (Lipinski definition) is 2. The van der Waals surface area contributed by atoms with Gasteiger partial charge < -0.3 is 20.1 Å². The summed E-state index contributed by atoms with van der Waals surface area (Å²) in [6.07, 6.45) is 5.53. The second kappa shape index (κ2) is 11.2. The summed E-state index contributed by atoms with van der Waals surface area (Å²) in [5.41, 5.74) is 2.14. The monoisotopic (exact) mass is 436 g/mol. The summed E-state index contributed by atoms with van der Waals surface area (Å²) in [6, 6.07) is 10.1. The van der Waals surface area contributed by atoms with Gasteiger partial charge in [0.25, 0.3) is 0 Å². The van der Waals surface area contributed by atoms with Crippen LogP contribution in [-0.4, -0.2) is 40.8 Å². The number of aryl methyl sites for hydroxylation is 1. The molecule has 0 aliphatic rings. The fourth-order valence-electron chi connectivity index (χ4n) is 3.29. The van der Waals surface area contributed by atoms with Crippen molar-refractivity contribution in [2.75, 3.05) is 20.3 Å². The molecule has 2 aromatic heterocycles. The van der Waals surface area contributed by atoms with Gasteiger partial charge in [-0.25, -0.2) is 9.97 Å². The molecule has 0 radical (unpaired) electrons. The van der Waals surface area contributed by atoms with Crippen LogP contribution < -0.4 is 20.1 Å². The van der Waals surface area contributed by atoms with E-state index in [1.165, 1.54) is 0 Å². The molecule has 1 aromatic carbocycles. The Hall–Kier alpha value is -3.55. The number of aliphatic imine (C=N–C) groups is 1. The number of aromatic nitrogens is 3. The van der Waals surface area contributed by atoms with Crippen molar-refractivity contribution in [3.05, 3.63) is 65.9 Å². The van der Waals surface area contributed by atoms with Crippen LogP contribution in [0.3, 0.4) is 0 Å². The SMILES string of the molecule is CCOc1ccc(C(C)NC(=NC)NCc2ccc(-n3ccnc3C)nc2)cc1OCC. The van der Waals surface area contributed by atoms with Gasteiger partial charge in [-0.2, -0.15) is 0 Å². The Morgan fingerprint density at radius 3 is 2.50 bits per heavy atom. The smallest absolute Gasteiger partial charge is 0.191 e. The Labute approximate surface area is 189 Å². The Kier molecular flexibility index (Phi) is 8.08. The summed E-state index contributed by atoms with van der Waals surface area (Å²) in [7, 11) is 1.76. The predicted octanol–water partition coefficient (Wildman–Crippen LogP) is 3.80. The van der Waals surface area contributed by atoms with Crippen molar-refractivity contribution in [1.82, 2.24) is 25.2 Å². The molecule has 2 N–H and O–H groups in total. The highest BCUT2D eigenvalue weighted by Crippen LogP contribution is 2.30. The van der Waals surface area contributed by atoms with Crippen LogP contribution in [0.15, 0.2) is 53.9 Å². The lowest BCUT2D eigenvalue weighted by atomic mass is 10.1. The van der Waals surface area contributed by atoms with E-state index in [2.05, 4.69) is 32.5 Å². The zero-order valence-electron chi connectivity index (χ0n) is 19.4. The highest BCUT2D eigenvalue weighted by atomic mass is 16.5. The van der Waals surface area contributed by atoms with Crippen molar-refractivity contribution in [2.45, 2.75) is 40.3 Å². The van der Waals surface area contributed by atoms with E-state index in [0.717, 1.165) is 34.3 Å². The number of ether oxygens (including phenoxy) is 2. The van der Waals surface area contributed by atoms with E-state index in [1.807, 2.05) is 68.1 Å². The number of pyridine rings is 1. The van der Waals surface area contributed by atoms with E-state index >= 15 is 0 Å². The summed E-state index contributed by atoms with van der Waals surface area (Å²) in [6.45, 7) is 9.76. The molecule has 0 fully saturated rings. The average Bonchev–Trinajstić information content (AvgIpc) is 3.24. The third-order valence-electron chi connectivity index (χ3n) is 4.99. The van der Waals surface area contributed by atoms with E-state index < -0.39 is 0 Å². The van der Waals surface area contributed by atoms with Crippen LogP contribution in [-0.2, 0) is 6.54 Å². The average molecular weight is 437 g/mol. The van der Waals surface area contributed by atoms with Gasteiger partial charge in [-0.05, 0) is 57.0 Å². The molecule has 0 amide bonds. The highest BCUT2D eigenvalue weighted by molar-refractivity contribution is 5.80. The molecule has 0 spiro atoms. The highest BCUT2D eigenvalue weighted by Gasteiger charge is 2.12. The van der Waals surface area contributed by atoms with Crippen LogP contribution in [0.2, 0.25) is 0 Å². The molecule has 170 valence electrons. The molecule has 1 atom stereocenters. The van der Waals surface area contributed by atoms with Crippen molar-refractivity contribution >= 4 is 5.96 Å². The van der Waals surface area contributed by atoms with Crippen LogP contribution in [0.5, 0.6) is 11.5 Å². The minimum atomic E-state index is 0.0285. The summed E-state index contributed by atoms with van der Waals surface area (Å²) < 4.78 is 13.4. The number of imidazole rings is 1. The topological polar surface area (TPSA) is 85.6 Å². The van der Waals surface area contributed by atoms with E-state index in [1.54, 1.807) is 13.2 Å². The second-order valence-corrected chi connectivity index (χ2v) is 7.23. The predicted molar refractivity (Wildman–Crippen MR) is 127 cm³/mol. The van der Waals surface area contributed by atoms with Crippen molar-refractivity contribution in [3.63, 3.8) is 0 Å². The first-order valence-electron chi connectivity index (χ1n) is 10.9. The molecule has 0 bridgehead atoms. The number of nitrogens with one attached hydrogen (secondary N) is 2. The van der Waals surface area contributed by atoms with Crippen molar-refractivity contribution in [2.24, 2.45) is 4.99 Å². The lowest BCUT2D eigenvalue weighted by Gasteiger charge is -2.20. The quantitative estimate of drug-likeness (QED) is 0.392. The number of guanidine groups is 1. The third kappa shape index (κ3) is 5.78. The minimum absolute atomic E-state index is 0.0285. The number of hydrogen-bond acceptors (Lipinski definition) is 5. The molecule has 0 aliphatic heterocycles. The lowest BCUT2D eigenvalue weighted by molar-refractivity contribution is 0.287. The number of benzene rings is 1. The van der Waals surface area contributed by atoms with Gasteiger partial charge in [0.05, 0.1) is 19.3 Å². The summed E-state index contributed by atoms with van der Waals surface area (Å²) in [5.74, 6) is 3.97. The summed E-state index contributed by atoms with van der Waals surface area (Å²) >= 11 is 0. The fourth-order valence-corrected chi connectivity index (χ4v) is 3.29. The third-order valence-corrected chi connectivity index (χ3v) is 4.99. The summed E-state index contributed by atoms with van der Waals surface area (Å²) in [4.78, 5) is 13.1. The molecular weight excluding hydrogens is 404 g/mol. The van der Waals surface area contributed by atoms with E-state index in [4.69, 9.17) is 9.47 Å². The van der Waals surface area contributed by atoms with Crippen LogP contribution in [0.1, 0.15) is 43.8 Å². The van der Waals surface area contributed by atoms with Crippen molar-refractivity contribution in [3.8, 4) is 17.3 Å². The molecule has 0 saturated heterocycles. The molecular formula is C24H32N6O2. The Morgan fingerprint density at radius 2 is 1.88 bits per heavy atom. The normalized spacial score (nSPS) is 12.3. The van der Waals surface area contributed by atoms with Crippen LogP contribution in [0.25, 0.3) is 5.82 Å². The first kappa shape index (κ1) is 23.1. The van der Waals surface area contributed by atoms with Gasteiger partial charge >= 0.3 is 0 Å². The summed E-state index contributed by atoms with van der Waals surface area (Å²) in [5, 5.41) is 6.77. The molecule has 3 rings (SSSR count). The number of nitrogens with zero attached hydrogens (tertiary/aromatic N) is 4. The van der Waals surface area contributed by atoms with Gasteiger partial charge in [-0.15, -0.1) is 0 Å². The van der Waals surface area contributed by atoms with Gasteiger partial charge in [0, 0.05) is 32.2 Å². The van der Waals surface area contributed by atoms with Crippen LogP contribution >= 0.6 is 0 Å². The second-order valence-electron chi connectivity index (χ2n) is 7.23. The fraction of sp³-hybridized carbons (Fsp3) is 0.375. The Morgan fingerprint density at radius 1 is 1.09 bits per heavy atom. The molecule has 3 aromatic rings. The molecule has 2 heterocycles.